The van der Waals surface area contributed by atoms with Gasteiger partial charge in [-0.2, -0.15) is 0 Å². The van der Waals surface area contributed by atoms with E-state index in [1.165, 1.54) is 17.7 Å². The van der Waals surface area contributed by atoms with E-state index in [1.807, 2.05) is 24.3 Å². The average molecular weight is 357 g/mol. The van der Waals surface area contributed by atoms with Gasteiger partial charge in [-0.3, -0.25) is 14.9 Å². The largest absolute Gasteiger partial charge is 0.492 e. The van der Waals surface area contributed by atoms with Gasteiger partial charge in [-0.15, -0.1) is 0 Å². The summed E-state index contributed by atoms with van der Waals surface area (Å²) in [5.41, 5.74) is 6.73. The van der Waals surface area contributed by atoms with Gasteiger partial charge in [-0.25, -0.2) is 0 Å². The van der Waals surface area contributed by atoms with Gasteiger partial charge in [0.05, 0.1) is 11.5 Å². The molecule has 0 spiro atoms. The van der Waals surface area contributed by atoms with E-state index in [0.29, 0.717) is 0 Å². The SMILES string of the molecule is CC(C)(C)c1ccc(OCCNC(=O)c2ccc(N)c([N+](=O)[O-])c2)cc1. The zero-order chi connectivity index (χ0) is 19.3. The molecule has 7 heteroatoms. The van der Waals surface area contributed by atoms with Gasteiger partial charge in [0.1, 0.15) is 18.0 Å². The Morgan fingerprint density at radius 3 is 2.42 bits per heavy atom. The quantitative estimate of drug-likeness (QED) is 0.357. The molecule has 0 aliphatic rings. The molecule has 0 aliphatic heterocycles. The van der Waals surface area contributed by atoms with E-state index in [9.17, 15) is 14.9 Å². The number of carbonyl (C=O) groups excluding carboxylic acids is 1. The Bertz CT molecular complexity index is 795. The first-order valence-electron chi connectivity index (χ1n) is 8.24. The molecule has 0 atom stereocenters. The molecule has 1 amide bonds. The lowest BCUT2D eigenvalue weighted by Crippen LogP contribution is -2.28. The van der Waals surface area contributed by atoms with Crippen LogP contribution in [0.5, 0.6) is 5.75 Å². The minimum atomic E-state index is -0.615. The van der Waals surface area contributed by atoms with Gasteiger partial charge >= 0.3 is 0 Å². The van der Waals surface area contributed by atoms with E-state index < -0.39 is 10.8 Å². The molecule has 2 aromatic carbocycles. The van der Waals surface area contributed by atoms with Crippen LogP contribution in [0.25, 0.3) is 0 Å². The Morgan fingerprint density at radius 2 is 1.85 bits per heavy atom. The third-order valence-corrected chi connectivity index (χ3v) is 3.87. The number of nitrogens with one attached hydrogen (secondary N) is 1. The van der Waals surface area contributed by atoms with Gasteiger partial charge in [-0.1, -0.05) is 32.9 Å². The van der Waals surface area contributed by atoms with Gasteiger partial charge in [0.2, 0.25) is 0 Å². The Kier molecular flexibility index (Phi) is 5.82. The van der Waals surface area contributed by atoms with Crippen LogP contribution in [0.4, 0.5) is 11.4 Å². The number of nitro groups is 1. The van der Waals surface area contributed by atoms with Crippen molar-refractivity contribution in [3.8, 4) is 5.75 Å². The van der Waals surface area contributed by atoms with Crippen molar-refractivity contribution in [2.24, 2.45) is 0 Å². The number of benzene rings is 2. The summed E-state index contributed by atoms with van der Waals surface area (Å²) in [5, 5.41) is 13.5. The number of hydrogen-bond acceptors (Lipinski definition) is 5. The van der Waals surface area contributed by atoms with Crippen molar-refractivity contribution in [3.63, 3.8) is 0 Å². The number of carbonyl (C=O) groups is 1. The molecule has 0 aliphatic carbocycles. The molecule has 0 fully saturated rings. The number of hydrogen-bond donors (Lipinski definition) is 2. The van der Waals surface area contributed by atoms with Crippen LogP contribution in [-0.2, 0) is 5.41 Å². The van der Waals surface area contributed by atoms with E-state index in [4.69, 9.17) is 10.5 Å². The summed E-state index contributed by atoms with van der Waals surface area (Å²) in [6.07, 6.45) is 0. The lowest BCUT2D eigenvalue weighted by Gasteiger charge is -2.19. The minimum Gasteiger partial charge on any atom is -0.492 e. The van der Waals surface area contributed by atoms with Crippen LogP contribution in [0.1, 0.15) is 36.7 Å². The van der Waals surface area contributed by atoms with Gasteiger partial charge in [-0.05, 0) is 35.2 Å². The highest BCUT2D eigenvalue weighted by molar-refractivity contribution is 5.95. The predicted molar refractivity (Wildman–Crippen MR) is 100 cm³/mol. The summed E-state index contributed by atoms with van der Waals surface area (Å²) < 4.78 is 5.60. The first-order valence-corrected chi connectivity index (χ1v) is 8.24. The normalized spacial score (nSPS) is 11.0. The van der Waals surface area contributed by atoms with Crippen LogP contribution in [-0.4, -0.2) is 24.0 Å². The highest BCUT2D eigenvalue weighted by atomic mass is 16.6. The van der Waals surface area contributed by atoms with Crippen molar-refractivity contribution in [1.29, 1.82) is 0 Å². The van der Waals surface area contributed by atoms with E-state index in [1.54, 1.807) is 0 Å². The molecular formula is C19H23N3O4. The van der Waals surface area contributed by atoms with E-state index in [0.717, 1.165) is 11.8 Å². The second-order valence-corrected chi connectivity index (χ2v) is 6.91. The summed E-state index contributed by atoms with van der Waals surface area (Å²) in [5.74, 6) is 0.301. The number of anilines is 1. The number of ether oxygens (including phenoxy) is 1. The monoisotopic (exact) mass is 357 g/mol. The fourth-order valence-corrected chi connectivity index (χ4v) is 2.33. The Labute approximate surface area is 152 Å². The van der Waals surface area contributed by atoms with E-state index in [-0.39, 0.29) is 35.5 Å². The lowest BCUT2D eigenvalue weighted by molar-refractivity contribution is -0.383. The molecule has 26 heavy (non-hydrogen) atoms. The first-order chi connectivity index (χ1) is 12.2. The maximum absolute atomic E-state index is 12.1. The van der Waals surface area contributed by atoms with Crippen molar-refractivity contribution in [1.82, 2.24) is 5.32 Å². The Morgan fingerprint density at radius 1 is 1.19 bits per heavy atom. The molecule has 2 rings (SSSR count). The third kappa shape index (κ3) is 4.95. The van der Waals surface area contributed by atoms with Gasteiger partial charge in [0.25, 0.3) is 11.6 Å². The molecule has 0 bridgehead atoms. The molecule has 0 aromatic heterocycles. The third-order valence-electron chi connectivity index (χ3n) is 3.87. The fourth-order valence-electron chi connectivity index (χ4n) is 2.33. The zero-order valence-electron chi connectivity index (χ0n) is 15.1. The maximum Gasteiger partial charge on any atom is 0.292 e. The predicted octanol–water partition coefficient (Wildman–Crippen LogP) is 3.28. The van der Waals surface area contributed by atoms with Gasteiger partial charge in [0, 0.05) is 11.6 Å². The lowest BCUT2D eigenvalue weighted by atomic mass is 9.87. The summed E-state index contributed by atoms with van der Waals surface area (Å²) in [4.78, 5) is 22.3. The molecule has 0 saturated heterocycles. The van der Waals surface area contributed by atoms with Crippen LogP contribution in [0.2, 0.25) is 0 Å². The summed E-state index contributed by atoms with van der Waals surface area (Å²) in [6, 6.07) is 11.8. The molecule has 0 radical (unpaired) electrons. The van der Waals surface area contributed by atoms with Crippen LogP contribution < -0.4 is 15.8 Å². The number of nitrogens with zero attached hydrogens (tertiary/aromatic N) is 1. The number of nitro benzene ring substituents is 1. The average Bonchev–Trinajstić information content (AvgIpc) is 2.58. The summed E-state index contributed by atoms with van der Waals surface area (Å²) in [6.45, 7) is 6.98. The topological polar surface area (TPSA) is 107 Å². The molecular weight excluding hydrogens is 334 g/mol. The molecule has 0 unspecified atom stereocenters. The van der Waals surface area contributed by atoms with Crippen LogP contribution >= 0.6 is 0 Å². The van der Waals surface area contributed by atoms with E-state index >= 15 is 0 Å². The fraction of sp³-hybridized carbons (Fsp3) is 0.316. The number of rotatable bonds is 6. The van der Waals surface area contributed by atoms with Crippen molar-refractivity contribution in [2.75, 3.05) is 18.9 Å². The maximum atomic E-state index is 12.1. The molecule has 7 nitrogen and oxygen atoms in total. The molecule has 138 valence electrons. The summed E-state index contributed by atoms with van der Waals surface area (Å²) >= 11 is 0. The molecule has 3 N–H and O–H groups in total. The Hall–Kier alpha value is -3.09. The van der Waals surface area contributed by atoms with Gasteiger partial charge < -0.3 is 15.8 Å². The first kappa shape index (κ1) is 19.2. The number of nitrogen functional groups attached to an aromatic ring is 1. The molecule has 2 aromatic rings. The summed E-state index contributed by atoms with van der Waals surface area (Å²) in [7, 11) is 0. The number of nitrogens with two attached hydrogens (primary N) is 1. The van der Waals surface area contributed by atoms with Crippen molar-refractivity contribution >= 4 is 17.3 Å². The van der Waals surface area contributed by atoms with E-state index in [2.05, 4.69) is 26.1 Å². The van der Waals surface area contributed by atoms with Crippen molar-refractivity contribution < 1.29 is 14.5 Å². The highest BCUT2D eigenvalue weighted by Gasteiger charge is 2.15. The van der Waals surface area contributed by atoms with Crippen LogP contribution in [0, 0.1) is 10.1 Å². The highest BCUT2D eigenvalue weighted by Crippen LogP contribution is 2.24. The Balaban J connectivity index is 1.85. The zero-order valence-corrected chi connectivity index (χ0v) is 15.1. The minimum absolute atomic E-state index is 0.0218. The molecule has 0 saturated carbocycles. The van der Waals surface area contributed by atoms with Crippen molar-refractivity contribution in [3.05, 3.63) is 63.7 Å². The second-order valence-electron chi connectivity index (χ2n) is 6.91. The van der Waals surface area contributed by atoms with Crippen LogP contribution in [0.3, 0.4) is 0 Å². The standard InChI is InChI=1S/C19H23N3O4/c1-19(2,3)14-5-7-15(8-6-14)26-11-10-21-18(23)13-4-9-16(20)17(12-13)22(24)25/h4-9,12H,10-11,20H2,1-3H3,(H,21,23). The smallest absolute Gasteiger partial charge is 0.292 e. The van der Waals surface area contributed by atoms with Gasteiger partial charge in [0.15, 0.2) is 0 Å². The molecule has 0 heterocycles. The number of amides is 1. The van der Waals surface area contributed by atoms with Crippen LogP contribution in [0.15, 0.2) is 42.5 Å². The second kappa shape index (κ2) is 7.86. The van der Waals surface area contributed by atoms with Crippen molar-refractivity contribution in [2.45, 2.75) is 26.2 Å².